The lowest BCUT2D eigenvalue weighted by molar-refractivity contribution is -0.155. The summed E-state index contributed by atoms with van der Waals surface area (Å²) in [6, 6.07) is -0.802. The van der Waals surface area contributed by atoms with Crippen molar-refractivity contribution in [2.75, 3.05) is 26.3 Å². The van der Waals surface area contributed by atoms with E-state index in [0.29, 0.717) is 45.4 Å². The van der Waals surface area contributed by atoms with Crippen molar-refractivity contribution in [3.05, 3.63) is 25.3 Å². The summed E-state index contributed by atoms with van der Waals surface area (Å²) < 4.78 is 12.1. The molecular weight excluding hydrogens is 460 g/mol. The highest BCUT2D eigenvalue weighted by Crippen LogP contribution is 2.58. The number of carbonyl (C=O) groups excluding carboxylic acids is 3. The number of nitrogens with zero attached hydrogens (tertiary/aromatic N) is 2. The molecule has 0 saturated carbocycles. The lowest BCUT2D eigenvalue weighted by atomic mass is 9.70. The number of allylic oxidation sites excluding steroid dienone is 1. The van der Waals surface area contributed by atoms with Gasteiger partial charge in [0, 0.05) is 25.7 Å². The molecule has 0 aliphatic carbocycles. The van der Waals surface area contributed by atoms with Gasteiger partial charge in [-0.3, -0.25) is 14.4 Å². The average molecular weight is 505 g/mol. The van der Waals surface area contributed by atoms with Crippen LogP contribution in [0.2, 0.25) is 0 Å². The van der Waals surface area contributed by atoms with Crippen LogP contribution in [0.1, 0.15) is 71.6 Å². The van der Waals surface area contributed by atoms with Gasteiger partial charge in [0.1, 0.15) is 11.6 Å². The minimum absolute atomic E-state index is 0.0136. The van der Waals surface area contributed by atoms with Crippen molar-refractivity contribution in [2.45, 2.75) is 95.4 Å². The Kier molecular flexibility index (Phi) is 10.1. The largest absolute Gasteiger partial charge is 0.465 e. The van der Waals surface area contributed by atoms with E-state index in [1.54, 1.807) is 15.9 Å². The summed E-state index contributed by atoms with van der Waals surface area (Å²) in [6.07, 6.45) is 9.69. The first-order valence-corrected chi connectivity index (χ1v) is 13.7. The molecule has 3 aliphatic rings. The number of hydrogen-bond acceptors (Lipinski definition) is 6. The molecule has 1 spiro atoms. The van der Waals surface area contributed by atoms with Crippen LogP contribution in [0, 0.1) is 11.8 Å². The van der Waals surface area contributed by atoms with E-state index in [1.165, 1.54) is 0 Å². The van der Waals surface area contributed by atoms with Crippen LogP contribution in [0.5, 0.6) is 0 Å². The van der Waals surface area contributed by atoms with Crippen molar-refractivity contribution >= 4 is 17.8 Å². The van der Waals surface area contributed by atoms with Crippen LogP contribution in [0.3, 0.4) is 0 Å². The van der Waals surface area contributed by atoms with E-state index in [2.05, 4.69) is 20.1 Å². The summed E-state index contributed by atoms with van der Waals surface area (Å²) in [4.78, 5) is 44.6. The summed E-state index contributed by atoms with van der Waals surface area (Å²) in [5, 5.41) is 9.31. The quantitative estimate of drug-likeness (QED) is 0.197. The molecule has 3 rings (SSSR count). The molecule has 3 unspecified atom stereocenters. The fourth-order valence-corrected chi connectivity index (χ4v) is 6.35. The number of carbonyl (C=O) groups is 3. The Balaban J connectivity index is 1.89. The van der Waals surface area contributed by atoms with Gasteiger partial charge in [0.15, 0.2) is 0 Å². The number of unbranched alkanes of at least 4 members (excludes halogenated alkanes) is 3. The van der Waals surface area contributed by atoms with E-state index < -0.39 is 35.6 Å². The van der Waals surface area contributed by atoms with Crippen molar-refractivity contribution in [3.63, 3.8) is 0 Å². The topological polar surface area (TPSA) is 96.4 Å². The summed E-state index contributed by atoms with van der Waals surface area (Å²) in [7, 11) is 0. The molecule has 8 heteroatoms. The summed E-state index contributed by atoms with van der Waals surface area (Å²) in [5.74, 6) is -2.15. The SMILES string of the molecule is C=CCCCCOC(=O)[C@@H]1[C@@H]2CCC3(O2)C(C(=O)N(CC=C)C(C)CCC)N(CCCCO)C(=O)[C@H]13. The minimum atomic E-state index is -1.02. The van der Waals surface area contributed by atoms with E-state index in [4.69, 9.17) is 9.47 Å². The summed E-state index contributed by atoms with van der Waals surface area (Å²) in [6.45, 7) is 12.7. The first kappa shape index (κ1) is 28.4. The highest BCUT2D eigenvalue weighted by atomic mass is 16.6. The molecular formula is C28H44N2O6. The monoisotopic (exact) mass is 504 g/mol. The maximum absolute atomic E-state index is 14.1. The number of esters is 1. The molecule has 3 heterocycles. The Morgan fingerprint density at radius 1 is 1.28 bits per heavy atom. The third-order valence-electron chi connectivity index (χ3n) is 8.01. The second-order valence-corrected chi connectivity index (χ2v) is 10.4. The van der Waals surface area contributed by atoms with Crippen LogP contribution >= 0.6 is 0 Å². The number of rotatable bonds is 16. The maximum Gasteiger partial charge on any atom is 0.312 e. The molecule has 2 bridgehead atoms. The van der Waals surface area contributed by atoms with Gasteiger partial charge in [-0.25, -0.2) is 0 Å². The first-order chi connectivity index (χ1) is 17.4. The van der Waals surface area contributed by atoms with Gasteiger partial charge in [-0.15, -0.1) is 13.2 Å². The molecule has 0 aromatic heterocycles. The van der Waals surface area contributed by atoms with E-state index in [1.807, 2.05) is 13.0 Å². The normalized spacial score (nSPS) is 29.2. The zero-order chi connectivity index (χ0) is 26.3. The maximum atomic E-state index is 14.1. The average Bonchev–Trinajstić information content (AvgIpc) is 3.50. The fourth-order valence-electron chi connectivity index (χ4n) is 6.35. The molecule has 0 aromatic rings. The lowest BCUT2D eigenvalue weighted by Crippen LogP contribution is -2.57. The van der Waals surface area contributed by atoms with Gasteiger partial charge in [-0.1, -0.05) is 25.5 Å². The van der Waals surface area contributed by atoms with Crippen molar-refractivity contribution in [3.8, 4) is 0 Å². The van der Waals surface area contributed by atoms with E-state index in [-0.39, 0.29) is 24.5 Å². The molecule has 202 valence electrons. The van der Waals surface area contributed by atoms with Crippen molar-refractivity contribution in [1.29, 1.82) is 0 Å². The van der Waals surface area contributed by atoms with Crippen LogP contribution in [0.4, 0.5) is 0 Å². The zero-order valence-corrected chi connectivity index (χ0v) is 22.0. The smallest absolute Gasteiger partial charge is 0.312 e. The Morgan fingerprint density at radius 3 is 2.72 bits per heavy atom. The van der Waals surface area contributed by atoms with Crippen molar-refractivity contribution in [2.24, 2.45) is 11.8 Å². The number of aliphatic hydroxyl groups excluding tert-OH is 1. The lowest BCUT2D eigenvalue weighted by Gasteiger charge is -2.39. The molecule has 0 radical (unpaired) electrons. The second-order valence-electron chi connectivity index (χ2n) is 10.4. The highest BCUT2D eigenvalue weighted by molar-refractivity contribution is 5.98. The van der Waals surface area contributed by atoms with Crippen LogP contribution in [-0.4, -0.2) is 82.8 Å². The van der Waals surface area contributed by atoms with Crippen LogP contribution in [0.25, 0.3) is 0 Å². The molecule has 3 aliphatic heterocycles. The Bertz CT molecular complexity index is 816. The standard InChI is InChI=1S/C28H44N2O6/c1-5-8-9-12-19-35-27(34)22-21-14-15-28(36-21)23(22)25(32)30(17-10-11-18-31)24(28)26(33)29(16-7-3)20(4)13-6-2/h5,7,20-24,31H,1,3,6,8-19H2,2,4H3/t20?,21-,22+,23-,24?,28?/m0/s1. The van der Waals surface area contributed by atoms with E-state index in [9.17, 15) is 19.5 Å². The number of ether oxygens (including phenoxy) is 2. The molecule has 0 aromatic carbocycles. The summed E-state index contributed by atoms with van der Waals surface area (Å²) in [5.41, 5.74) is -1.02. The molecule has 2 amide bonds. The van der Waals surface area contributed by atoms with Gasteiger partial charge >= 0.3 is 5.97 Å². The van der Waals surface area contributed by atoms with Crippen molar-refractivity contribution in [1.82, 2.24) is 9.80 Å². The molecule has 1 N–H and O–H groups in total. The third kappa shape index (κ3) is 5.40. The zero-order valence-electron chi connectivity index (χ0n) is 22.0. The van der Waals surface area contributed by atoms with Gasteiger partial charge in [-0.2, -0.15) is 0 Å². The minimum Gasteiger partial charge on any atom is -0.465 e. The number of hydrogen-bond donors (Lipinski definition) is 1. The third-order valence-corrected chi connectivity index (χ3v) is 8.01. The highest BCUT2D eigenvalue weighted by Gasteiger charge is 2.75. The predicted octanol–water partition coefficient (Wildman–Crippen LogP) is 3.24. The second kappa shape index (κ2) is 12.9. The Morgan fingerprint density at radius 2 is 2.06 bits per heavy atom. The molecule has 8 nitrogen and oxygen atoms in total. The van der Waals surface area contributed by atoms with Crippen LogP contribution < -0.4 is 0 Å². The molecule has 36 heavy (non-hydrogen) atoms. The van der Waals surface area contributed by atoms with Gasteiger partial charge in [0.2, 0.25) is 11.8 Å². The first-order valence-electron chi connectivity index (χ1n) is 13.7. The van der Waals surface area contributed by atoms with Gasteiger partial charge < -0.3 is 24.4 Å². The van der Waals surface area contributed by atoms with Gasteiger partial charge in [-0.05, 0) is 58.3 Å². The molecule has 3 saturated heterocycles. The Hall–Kier alpha value is -2.19. The summed E-state index contributed by atoms with van der Waals surface area (Å²) >= 11 is 0. The molecule has 6 atom stereocenters. The van der Waals surface area contributed by atoms with E-state index in [0.717, 1.165) is 32.1 Å². The van der Waals surface area contributed by atoms with Crippen molar-refractivity contribution < 1.29 is 29.0 Å². The number of likely N-dealkylation sites (tertiary alicyclic amines) is 1. The van der Waals surface area contributed by atoms with E-state index >= 15 is 0 Å². The molecule has 3 fully saturated rings. The predicted molar refractivity (Wildman–Crippen MR) is 137 cm³/mol. The van der Waals surface area contributed by atoms with Gasteiger partial charge in [0.25, 0.3) is 0 Å². The Labute approximate surface area is 215 Å². The van der Waals surface area contributed by atoms with Crippen LogP contribution in [0.15, 0.2) is 25.3 Å². The van der Waals surface area contributed by atoms with Gasteiger partial charge in [0.05, 0.1) is 24.5 Å². The fraction of sp³-hybridized carbons (Fsp3) is 0.750. The number of aliphatic hydroxyl groups is 1. The number of amides is 2. The number of fused-ring (bicyclic) bond motifs is 1. The van der Waals surface area contributed by atoms with Crippen LogP contribution in [-0.2, 0) is 23.9 Å².